The van der Waals surface area contributed by atoms with Crippen LogP contribution < -0.4 is 11.1 Å². The minimum atomic E-state index is -4.70. The van der Waals surface area contributed by atoms with Gasteiger partial charge in [-0.2, -0.15) is 41.2 Å². The molecule has 1 fully saturated rings. The molecule has 2 amide bonds. The lowest BCUT2D eigenvalue weighted by molar-refractivity contribution is -0.139. The minimum absolute atomic E-state index is 0.0772. The van der Waals surface area contributed by atoms with Crippen LogP contribution in [0.25, 0.3) is 39.7 Å². The first-order chi connectivity index (χ1) is 44.1. The van der Waals surface area contributed by atoms with Crippen molar-refractivity contribution < 1.29 is 35.9 Å². The lowest BCUT2D eigenvalue weighted by atomic mass is 9.71. The van der Waals surface area contributed by atoms with Gasteiger partial charge in [0.2, 0.25) is 0 Å². The van der Waals surface area contributed by atoms with Crippen LogP contribution in [0.4, 0.5) is 26.3 Å². The van der Waals surface area contributed by atoms with Crippen LogP contribution >= 0.6 is 31.9 Å². The Balaban J connectivity index is 0.731. The Bertz CT molecular complexity index is 4880. The second-order valence-corrected chi connectivity index (χ2v) is 25.6. The van der Waals surface area contributed by atoms with Crippen molar-refractivity contribution in [1.29, 1.82) is 0 Å². The Morgan fingerprint density at radius 2 is 1.11 bits per heavy atom. The maximum absolute atomic E-state index is 15.1. The van der Waals surface area contributed by atoms with Crippen LogP contribution in [0, 0.1) is 11.8 Å². The fourth-order valence-corrected chi connectivity index (χ4v) is 14.3. The highest BCUT2D eigenvalue weighted by Gasteiger charge is 2.40. The minimum Gasteiger partial charge on any atom is -0.330 e. The predicted molar refractivity (Wildman–Crippen MR) is 332 cm³/mol. The quantitative estimate of drug-likeness (QED) is 0.106. The molecule has 2 aliphatic heterocycles. The molecule has 14 rings (SSSR count). The molecule has 2 atom stereocenters. The SMILES string of the molecule is C[C@H]1Cc2c(n3ncc(Cc4ccccc4)c3n(-c3ccc(-n4nnnc4CC4CC(Cc5cnn6c7c(c(=O)n(-c8ccc(-c9nncn9C)cc8)c56)C[C@H](C)N(C(=O)c5ccc(Br)c(C(F)(F)F)c5)C7)C4)cc3)c2=O)CN1C(=O)c1ccc(Br)c(C(F)(F)F)c1. The van der Waals surface area contributed by atoms with Gasteiger partial charge in [-0.3, -0.25) is 28.3 Å². The maximum atomic E-state index is 15.1. The highest BCUT2D eigenvalue weighted by Crippen LogP contribution is 2.41. The number of nitrogens with zero attached hydrogens (tertiary/aromatic N) is 15. The zero-order valence-corrected chi connectivity index (χ0v) is 52.4. The van der Waals surface area contributed by atoms with Crippen molar-refractivity contribution in [1.82, 2.24) is 73.1 Å². The molecule has 468 valence electrons. The van der Waals surface area contributed by atoms with Crippen LogP contribution in [0.2, 0.25) is 0 Å². The smallest absolute Gasteiger partial charge is 0.330 e. The van der Waals surface area contributed by atoms with Gasteiger partial charge in [-0.25, -0.2) is 9.03 Å². The number of rotatable bonds is 12. The van der Waals surface area contributed by atoms with Gasteiger partial charge >= 0.3 is 12.4 Å². The van der Waals surface area contributed by atoms with Gasteiger partial charge < -0.3 is 14.4 Å². The van der Waals surface area contributed by atoms with Crippen molar-refractivity contribution in [2.45, 2.75) is 96.3 Å². The first-order valence-corrected chi connectivity index (χ1v) is 31.2. The predicted octanol–water partition coefficient (Wildman–Crippen LogP) is 11.2. The summed E-state index contributed by atoms with van der Waals surface area (Å²) in [5.41, 5.74) is 4.95. The zero-order chi connectivity index (χ0) is 64.2. The van der Waals surface area contributed by atoms with Gasteiger partial charge in [0.1, 0.15) is 17.6 Å². The van der Waals surface area contributed by atoms with Gasteiger partial charge in [-0.05, 0) is 159 Å². The van der Waals surface area contributed by atoms with Crippen molar-refractivity contribution in [2.75, 3.05) is 0 Å². The van der Waals surface area contributed by atoms with E-state index >= 15 is 9.59 Å². The van der Waals surface area contributed by atoms with E-state index in [0.717, 1.165) is 47.2 Å². The topological polar surface area (TPSA) is 194 Å². The first-order valence-electron chi connectivity index (χ1n) is 29.6. The fourth-order valence-electron chi connectivity index (χ4n) is 13.3. The molecule has 6 aromatic heterocycles. The summed E-state index contributed by atoms with van der Waals surface area (Å²) in [6, 6.07) is 30.1. The number of carbonyl (C=O) groups is 2. The summed E-state index contributed by atoms with van der Waals surface area (Å²) in [7, 11) is 1.83. The van der Waals surface area contributed by atoms with Crippen molar-refractivity contribution >= 4 is 55.0 Å². The lowest BCUT2D eigenvalue weighted by Gasteiger charge is -2.36. The zero-order valence-electron chi connectivity index (χ0n) is 49.2. The molecule has 0 spiro atoms. The van der Waals surface area contributed by atoms with Crippen molar-refractivity contribution in [3.63, 3.8) is 0 Å². The number of aromatic nitrogens is 13. The van der Waals surface area contributed by atoms with Gasteiger partial charge in [0.05, 0.1) is 65.1 Å². The molecular weight excluding hydrogens is 1330 g/mol. The molecule has 0 saturated heterocycles. The van der Waals surface area contributed by atoms with Gasteiger partial charge in [0.15, 0.2) is 11.6 Å². The highest BCUT2D eigenvalue weighted by molar-refractivity contribution is 9.10. The summed E-state index contributed by atoms with van der Waals surface area (Å²) in [6.45, 7) is 3.38. The molecule has 5 aromatic carbocycles. The Labute approximate surface area is 535 Å². The fraction of sp³-hybridized carbons (Fsp3) is 0.277. The van der Waals surface area contributed by atoms with E-state index in [1.807, 2.05) is 85.9 Å². The number of carbonyl (C=O) groups excluding carboxylic acids is 2. The molecule has 27 heteroatoms. The second-order valence-electron chi connectivity index (χ2n) is 23.9. The lowest BCUT2D eigenvalue weighted by Crippen LogP contribution is -2.46. The summed E-state index contributed by atoms with van der Waals surface area (Å²) in [6.07, 6.45) is -1.05. The Hall–Kier alpha value is -9.37. The molecule has 0 radical (unpaired) electrons. The summed E-state index contributed by atoms with van der Waals surface area (Å²) >= 11 is 5.95. The number of hydrogen-bond acceptors (Lipinski definition) is 11. The van der Waals surface area contributed by atoms with Crippen LogP contribution in [0.5, 0.6) is 0 Å². The first kappa shape index (κ1) is 60.2. The van der Waals surface area contributed by atoms with Crippen LogP contribution in [-0.4, -0.2) is 97.0 Å². The molecular formula is C65H53Br2F6N15O4. The van der Waals surface area contributed by atoms with Crippen molar-refractivity contribution in [3.05, 3.63) is 231 Å². The van der Waals surface area contributed by atoms with Gasteiger partial charge in [-0.1, -0.05) is 62.2 Å². The molecule has 0 unspecified atom stereocenters. The molecule has 1 saturated carbocycles. The molecule has 0 N–H and O–H groups in total. The van der Waals surface area contributed by atoms with Crippen LogP contribution in [-0.2, 0) is 64.6 Å². The van der Waals surface area contributed by atoms with E-state index in [-0.39, 0.29) is 69.0 Å². The number of aryl methyl sites for hydroxylation is 1. The molecule has 0 bridgehead atoms. The number of alkyl halides is 6. The highest BCUT2D eigenvalue weighted by atomic mass is 79.9. The van der Waals surface area contributed by atoms with E-state index in [4.69, 9.17) is 10.2 Å². The Morgan fingerprint density at radius 3 is 1.63 bits per heavy atom. The van der Waals surface area contributed by atoms with E-state index in [1.165, 1.54) is 34.1 Å². The van der Waals surface area contributed by atoms with E-state index < -0.39 is 47.4 Å². The van der Waals surface area contributed by atoms with Crippen LogP contribution in [0.1, 0.15) is 104 Å². The number of halogens is 8. The number of hydrogen-bond donors (Lipinski definition) is 0. The number of amides is 2. The summed E-state index contributed by atoms with van der Waals surface area (Å²) in [5.74, 6) is 0.376. The molecule has 92 heavy (non-hydrogen) atoms. The van der Waals surface area contributed by atoms with E-state index in [1.54, 1.807) is 60.0 Å². The third-order valence-corrected chi connectivity index (χ3v) is 19.4. The van der Waals surface area contributed by atoms with E-state index in [2.05, 4.69) is 57.6 Å². The van der Waals surface area contributed by atoms with Gasteiger partial charge in [-0.15, -0.1) is 15.3 Å². The van der Waals surface area contributed by atoms with Gasteiger partial charge in [0, 0.05) is 79.9 Å². The Morgan fingerprint density at radius 1 is 0.609 bits per heavy atom. The average molecular weight is 1380 g/mol. The summed E-state index contributed by atoms with van der Waals surface area (Å²) < 4.78 is 93.8. The molecule has 19 nitrogen and oxygen atoms in total. The number of tetrazole rings is 1. The number of benzene rings is 5. The summed E-state index contributed by atoms with van der Waals surface area (Å²) in [5, 5.41) is 30.8. The largest absolute Gasteiger partial charge is 0.417 e. The standard InChI is InChI=1S/C65H53Br2F6N15O4/c1-35-21-48-55(33-83(35)61(90)42-12-20-53(67)51(29-42)65(71,72)73)88-59(84(62(48)91)45-13-9-40(10-14-45)57-78-74-34-81(57)3)44(31-76-88)26-38-23-39(24-38)27-56-77-79-80-86(56)47-17-15-46(16-18-47)85-58-43(25-37-7-5-4-6-8-37)30-75-87(58)54-32-82(36(2)22-49(54)63(85)92)60(89)41-11-19-52(66)50(28-41)64(68,69)70/h4-20,28-31,34-36,38-39H,21-27,32-33H2,1-3H3/t35-,36-,38?,39?/m0/s1. The Kier molecular flexibility index (Phi) is 15.1. The van der Waals surface area contributed by atoms with E-state index in [9.17, 15) is 35.9 Å². The third kappa shape index (κ3) is 10.7. The number of fused-ring (bicyclic) bond motifs is 6. The molecule has 11 aromatic rings. The molecule has 1 aliphatic carbocycles. The molecule has 8 heterocycles. The van der Waals surface area contributed by atoms with Crippen LogP contribution in [0.3, 0.4) is 0 Å². The second kappa shape index (κ2) is 23.1. The van der Waals surface area contributed by atoms with Gasteiger partial charge in [0.25, 0.3) is 22.9 Å². The molecule has 3 aliphatic rings. The van der Waals surface area contributed by atoms with E-state index in [0.29, 0.717) is 81.8 Å². The van der Waals surface area contributed by atoms with Crippen LogP contribution in [0.15, 0.2) is 153 Å². The van der Waals surface area contributed by atoms with Crippen molar-refractivity contribution in [2.24, 2.45) is 18.9 Å². The van der Waals surface area contributed by atoms with Crippen molar-refractivity contribution in [3.8, 4) is 28.5 Å². The normalized spacial score (nSPS) is 17.5. The maximum Gasteiger partial charge on any atom is 0.417 e. The summed E-state index contributed by atoms with van der Waals surface area (Å²) in [4.78, 5) is 61.4. The third-order valence-electron chi connectivity index (χ3n) is 18.0. The average Bonchev–Trinajstić information content (AvgIpc) is 1.38. The monoisotopic (exact) mass is 1380 g/mol.